The van der Waals surface area contributed by atoms with E-state index in [-0.39, 0.29) is 30.9 Å². The quantitative estimate of drug-likeness (QED) is 0.285. The van der Waals surface area contributed by atoms with Crippen molar-refractivity contribution in [2.24, 2.45) is 17.1 Å². The van der Waals surface area contributed by atoms with Gasteiger partial charge in [0.2, 0.25) is 11.8 Å². The second-order valence-electron chi connectivity index (χ2n) is 11.1. The maximum Gasteiger partial charge on any atom is 0.249 e. The van der Waals surface area contributed by atoms with Gasteiger partial charge in [-0.2, -0.15) is 0 Å². The second-order valence-corrected chi connectivity index (χ2v) is 11.1. The van der Waals surface area contributed by atoms with Gasteiger partial charge >= 0.3 is 0 Å². The fourth-order valence-corrected chi connectivity index (χ4v) is 5.84. The average molecular weight is 578 g/mol. The van der Waals surface area contributed by atoms with E-state index >= 15 is 0 Å². The largest absolute Gasteiger partial charge is 0.391 e. The molecule has 1 aliphatic rings. The Morgan fingerprint density at radius 1 is 1.12 bits per heavy atom. The number of aliphatic hydroxyl groups is 1. The van der Waals surface area contributed by atoms with Crippen molar-refractivity contribution in [2.45, 2.75) is 59.1 Å². The van der Waals surface area contributed by atoms with Gasteiger partial charge < -0.3 is 21.1 Å². The summed E-state index contributed by atoms with van der Waals surface area (Å²) in [6.07, 6.45) is 9.25. The van der Waals surface area contributed by atoms with E-state index in [2.05, 4.69) is 11.2 Å². The van der Waals surface area contributed by atoms with Crippen LogP contribution < -0.4 is 11.1 Å². The van der Waals surface area contributed by atoms with Gasteiger partial charge in [0.1, 0.15) is 11.6 Å². The predicted molar refractivity (Wildman–Crippen MR) is 161 cm³/mol. The van der Waals surface area contributed by atoms with Crippen molar-refractivity contribution < 1.29 is 23.5 Å². The standard InChI is InChI=1S/C34H41F2N3O3/c1-5-11-39(12-6-2)32(41)27-13-23(4)19-34(20-27,33(37)42)30(17-26-15-28(35)18-29(36)16-26)31(40)22-38-21-25-10-8-9-24(7-3)14-25/h3,8-10,13-16,18-19,30-31,38,40H,5-6,11-12,17,20-22H2,1-2,4H3,(H2,37,42)/t30-,31+,34?/m1/s1. The maximum absolute atomic E-state index is 14.2. The summed E-state index contributed by atoms with van der Waals surface area (Å²) in [5.74, 6) is -0.753. The summed E-state index contributed by atoms with van der Waals surface area (Å²) in [6.45, 7) is 7.32. The Bertz CT molecular complexity index is 1350. The minimum atomic E-state index is -1.48. The minimum Gasteiger partial charge on any atom is -0.391 e. The Labute approximate surface area is 247 Å². The molecular weight excluding hydrogens is 536 g/mol. The SMILES string of the molecule is C#Cc1cccc(CNC[C@H](O)[C@@H](Cc2cc(F)cc(F)c2)C2(C(N)=O)C=C(C)C=C(C(=O)N(CCC)CCC)C2)c1. The van der Waals surface area contributed by atoms with E-state index in [1.807, 2.05) is 38.1 Å². The number of nitrogens with zero attached hydrogens (tertiary/aromatic N) is 1. The number of carbonyl (C=O) groups is 2. The first-order valence-corrected chi connectivity index (χ1v) is 14.4. The summed E-state index contributed by atoms with van der Waals surface area (Å²) in [6, 6.07) is 10.5. The summed E-state index contributed by atoms with van der Waals surface area (Å²) < 4.78 is 28.4. The molecule has 3 atom stereocenters. The lowest BCUT2D eigenvalue weighted by Crippen LogP contribution is -2.51. The van der Waals surface area contributed by atoms with Gasteiger partial charge in [0.05, 0.1) is 11.5 Å². The highest BCUT2D eigenvalue weighted by molar-refractivity contribution is 5.97. The highest BCUT2D eigenvalue weighted by atomic mass is 19.1. The molecule has 0 heterocycles. The van der Waals surface area contributed by atoms with Crippen LogP contribution in [-0.2, 0) is 22.6 Å². The first kappa shape index (κ1) is 32.7. The van der Waals surface area contributed by atoms with Crippen LogP contribution in [0.15, 0.2) is 65.8 Å². The van der Waals surface area contributed by atoms with Gasteiger partial charge in [0, 0.05) is 49.3 Å². The molecule has 2 aromatic carbocycles. The summed E-state index contributed by atoms with van der Waals surface area (Å²) >= 11 is 0. The molecule has 8 heteroatoms. The van der Waals surface area contributed by atoms with Gasteiger partial charge in [0.25, 0.3) is 0 Å². The Balaban J connectivity index is 1.98. The molecule has 42 heavy (non-hydrogen) atoms. The first-order chi connectivity index (χ1) is 20.0. The molecule has 1 unspecified atom stereocenters. The van der Waals surface area contributed by atoms with Crippen molar-refractivity contribution in [2.75, 3.05) is 19.6 Å². The fraction of sp³-hybridized carbons (Fsp3) is 0.412. The molecule has 6 nitrogen and oxygen atoms in total. The maximum atomic E-state index is 14.2. The predicted octanol–water partition coefficient (Wildman–Crippen LogP) is 4.65. The van der Waals surface area contributed by atoms with Crippen LogP contribution in [0, 0.1) is 35.3 Å². The van der Waals surface area contributed by atoms with Crippen LogP contribution in [0.25, 0.3) is 0 Å². The van der Waals surface area contributed by atoms with E-state index in [0.717, 1.165) is 30.0 Å². The van der Waals surface area contributed by atoms with E-state index in [4.69, 9.17) is 12.2 Å². The molecular formula is C34H41F2N3O3. The van der Waals surface area contributed by atoms with Crippen LogP contribution in [0.1, 0.15) is 56.7 Å². The molecule has 0 bridgehead atoms. The number of carbonyl (C=O) groups excluding carboxylic acids is 2. The number of benzene rings is 2. The molecule has 224 valence electrons. The van der Waals surface area contributed by atoms with E-state index in [1.54, 1.807) is 24.0 Å². The lowest BCUT2D eigenvalue weighted by Gasteiger charge is -2.42. The van der Waals surface area contributed by atoms with E-state index in [9.17, 15) is 23.5 Å². The number of hydrogen-bond acceptors (Lipinski definition) is 4. The van der Waals surface area contributed by atoms with Gasteiger partial charge in [-0.3, -0.25) is 9.59 Å². The Kier molecular flexibility index (Phi) is 11.6. The molecule has 2 amide bonds. The molecule has 4 N–H and O–H groups in total. The molecule has 0 fully saturated rings. The van der Waals surface area contributed by atoms with Crippen LogP contribution in [0.5, 0.6) is 0 Å². The third-order valence-electron chi connectivity index (χ3n) is 7.66. The molecule has 0 saturated heterocycles. The van der Waals surface area contributed by atoms with Gasteiger partial charge in [-0.25, -0.2) is 8.78 Å². The first-order valence-electron chi connectivity index (χ1n) is 14.4. The highest BCUT2D eigenvalue weighted by Gasteiger charge is 2.48. The van der Waals surface area contributed by atoms with Gasteiger partial charge in [-0.15, -0.1) is 6.42 Å². The van der Waals surface area contributed by atoms with Crippen molar-refractivity contribution in [1.82, 2.24) is 10.2 Å². The average Bonchev–Trinajstić information content (AvgIpc) is 2.94. The molecule has 0 aliphatic heterocycles. The lowest BCUT2D eigenvalue weighted by atomic mass is 9.63. The minimum absolute atomic E-state index is 0.0355. The zero-order valence-corrected chi connectivity index (χ0v) is 24.6. The van der Waals surface area contributed by atoms with Gasteiger partial charge in [-0.05, 0) is 68.0 Å². The van der Waals surface area contributed by atoms with Crippen LogP contribution >= 0.6 is 0 Å². The van der Waals surface area contributed by atoms with Crippen molar-refractivity contribution in [3.63, 3.8) is 0 Å². The third kappa shape index (κ3) is 8.15. The van der Waals surface area contributed by atoms with Crippen LogP contribution in [0.4, 0.5) is 8.78 Å². The number of terminal acetylenes is 1. The third-order valence-corrected chi connectivity index (χ3v) is 7.66. The van der Waals surface area contributed by atoms with Crippen LogP contribution in [0.3, 0.4) is 0 Å². The van der Waals surface area contributed by atoms with Crippen LogP contribution in [0.2, 0.25) is 0 Å². The van der Waals surface area contributed by atoms with Crippen LogP contribution in [-0.4, -0.2) is 47.6 Å². The van der Waals surface area contributed by atoms with Gasteiger partial charge in [-0.1, -0.05) is 49.6 Å². The van der Waals surface area contributed by atoms with Crippen molar-refractivity contribution >= 4 is 11.8 Å². The van der Waals surface area contributed by atoms with E-state index in [1.165, 1.54) is 12.1 Å². The number of nitrogens with two attached hydrogens (primary N) is 1. The molecule has 2 aromatic rings. The van der Waals surface area contributed by atoms with E-state index < -0.39 is 35.0 Å². The number of primary amides is 1. The van der Waals surface area contributed by atoms with Crippen molar-refractivity contribution in [3.8, 4) is 12.3 Å². The molecule has 0 aromatic heterocycles. The zero-order valence-electron chi connectivity index (χ0n) is 24.6. The molecule has 0 spiro atoms. The second kappa shape index (κ2) is 14.9. The molecule has 3 rings (SSSR count). The van der Waals surface area contributed by atoms with E-state index in [0.29, 0.717) is 30.8 Å². The molecule has 1 aliphatic carbocycles. The molecule has 0 saturated carbocycles. The fourth-order valence-electron chi connectivity index (χ4n) is 5.84. The summed E-state index contributed by atoms with van der Waals surface area (Å²) in [5, 5.41) is 14.8. The number of rotatable bonds is 14. The summed E-state index contributed by atoms with van der Waals surface area (Å²) in [7, 11) is 0. The Morgan fingerprint density at radius 2 is 1.79 bits per heavy atom. The number of nitrogens with one attached hydrogen (secondary N) is 1. The summed E-state index contributed by atoms with van der Waals surface area (Å²) in [4.78, 5) is 28.8. The number of hydrogen-bond donors (Lipinski definition) is 3. The van der Waals surface area contributed by atoms with Crippen molar-refractivity contribution in [1.29, 1.82) is 0 Å². The Hall–Kier alpha value is -3.80. The number of allylic oxidation sites excluding steroid dienone is 2. The number of halogens is 2. The summed E-state index contributed by atoms with van der Waals surface area (Å²) in [5.41, 5.74) is 7.57. The Morgan fingerprint density at radius 3 is 2.38 bits per heavy atom. The number of amides is 2. The zero-order chi connectivity index (χ0) is 30.9. The smallest absolute Gasteiger partial charge is 0.249 e. The topological polar surface area (TPSA) is 95.7 Å². The highest BCUT2D eigenvalue weighted by Crippen LogP contribution is 2.44. The van der Waals surface area contributed by atoms with Gasteiger partial charge in [0.15, 0.2) is 0 Å². The normalized spacial score (nSPS) is 17.9. The van der Waals surface area contributed by atoms with Crippen molar-refractivity contribution in [3.05, 3.63) is 94.1 Å². The molecule has 0 radical (unpaired) electrons. The number of aliphatic hydroxyl groups excluding tert-OH is 1. The lowest BCUT2D eigenvalue weighted by molar-refractivity contribution is -0.132. The monoisotopic (exact) mass is 577 g/mol.